The van der Waals surface area contributed by atoms with Gasteiger partial charge in [0.1, 0.15) is 10.2 Å². The zero-order valence-corrected chi connectivity index (χ0v) is 21.8. The van der Waals surface area contributed by atoms with E-state index in [1.54, 1.807) is 0 Å². The molecule has 1 amide bonds. The average Bonchev–Trinajstić information content (AvgIpc) is 2.58. The van der Waals surface area contributed by atoms with Gasteiger partial charge in [-0.1, -0.05) is 26.8 Å². The molecular formula is C22H37BrN2O3Si. The summed E-state index contributed by atoms with van der Waals surface area (Å²) in [6.07, 6.45) is 3.49. The number of piperidine rings is 1. The predicted molar refractivity (Wildman–Crippen MR) is 123 cm³/mol. The summed E-state index contributed by atoms with van der Waals surface area (Å²) in [6.45, 7) is 18.5. The minimum Gasteiger partial charge on any atom is -0.444 e. The third-order valence-electron chi connectivity index (χ3n) is 5.93. The van der Waals surface area contributed by atoms with E-state index >= 15 is 0 Å². The maximum absolute atomic E-state index is 12.4. The van der Waals surface area contributed by atoms with E-state index < -0.39 is 13.9 Å². The number of nitrogens with zero attached hydrogens (tertiary/aromatic N) is 2. The maximum Gasteiger partial charge on any atom is 0.410 e. The van der Waals surface area contributed by atoms with Crippen LogP contribution in [0.1, 0.15) is 66.1 Å². The zero-order chi connectivity index (χ0) is 22.0. The summed E-state index contributed by atoms with van der Waals surface area (Å²) in [6, 6.07) is 4.09. The smallest absolute Gasteiger partial charge is 0.410 e. The van der Waals surface area contributed by atoms with E-state index in [2.05, 4.69) is 60.8 Å². The first-order valence-corrected chi connectivity index (χ1v) is 14.2. The lowest BCUT2D eigenvalue weighted by Gasteiger charge is -2.43. The van der Waals surface area contributed by atoms with Crippen LogP contribution in [0.2, 0.25) is 18.1 Å². The Hall–Kier alpha value is -0.923. The Bertz CT molecular complexity index is 687. The van der Waals surface area contributed by atoms with Crippen molar-refractivity contribution in [3.8, 4) is 0 Å². The zero-order valence-electron chi connectivity index (χ0n) is 19.2. The highest BCUT2D eigenvalue weighted by atomic mass is 79.9. The summed E-state index contributed by atoms with van der Waals surface area (Å²) < 4.78 is 13.3. The number of hydrogen-bond acceptors (Lipinski definition) is 4. The molecule has 2 rings (SSSR count). The van der Waals surface area contributed by atoms with Gasteiger partial charge in [-0.05, 0) is 85.2 Å². The van der Waals surface area contributed by atoms with Gasteiger partial charge in [0, 0.05) is 19.3 Å². The van der Waals surface area contributed by atoms with Gasteiger partial charge >= 0.3 is 6.09 Å². The third kappa shape index (κ3) is 6.79. The summed E-state index contributed by atoms with van der Waals surface area (Å²) in [5.41, 5.74) is 0.652. The van der Waals surface area contributed by atoms with Crippen molar-refractivity contribution in [1.82, 2.24) is 9.88 Å². The second kappa shape index (κ2) is 9.06. The number of rotatable bonds is 4. The highest BCUT2D eigenvalue weighted by Crippen LogP contribution is 2.43. The van der Waals surface area contributed by atoms with Crippen LogP contribution >= 0.6 is 15.9 Å². The predicted octanol–water partition coefficient (Wildman–Crippen LogP) is 6.55. The summed E-state index contributed by atoms with van der Waals surface area (Å²) in [7, 11) is -1.96. The molecule has 1 saturated heterocycles. The highest BCUT2D eigenvalue weighted by Gasteiger charge is 2.42. The molecule has 0 spiro atoms. The number of carbonyl (C=O) groups is 1. The fraction of sp³-hybridized carbons (Fsp3) is 0.727. The van der Waals surface area contributed by atoms with Gasteiger partial charge in [0.15, 0.2) is 8.32 Å². The van der Waals surface area contributed by atoms with Crippen molar-refractivity contribution in [1.29, 1.82) is 0 Å². The number of amides is 1. The second-order valence-electron chi connectivity index (χ2n) is 10.5. The summed E-state index contributed by atoms with van der Waals surface area (Å²) >= 11 is 3.43. The summed E-state index contributed by atoms with van der Waals surface area (Å²) in [4.78, 5) is 18.7. The molecule has 0 radical (unpaired) electrons. The molecule has 0 N–H and O–H groups in total. The summed E-state index contributed by atoms with van der Waals surface area (Å²) in [5.74, 6) is 0.353. The van der Waals surface area contributed by atoms with Gasteiger partial charge in [0.05, 0.1) is 6.10 Å². The molecule has 2 heterocycles. The topological polar surface area (TPSA) is 51.7 Å². The van der Waals surface area contributed by atoms with E-state index in [0.29, 0.717) is 19.0 Å². The van der Waals surface area contributed by atoms with Crippen LogP contribution in [0.5, 0.6) is 0 Å². The van der Waals surface area contributed by atoms with Crippen LogP contribution in [-0.4, -0.2) is 43.0 Å². The molecule has 1 aromatic rings. The highest BCUT2D eigenvalue weighted by molar-refractivity contribution is 9.10. The Morgan fingerprint density at radius 1 is 1.17 bits per heavy atom. The molecule has 1 aliphatic heterocycles. The molecule has 0 saturated carbocycles. The first-order valence-electron chi connectivity index (χ1n) is 10.5. The monoisotopic (exact) mass is 484 g/mol. The van der Waals surface area contributed by atoms with Gasteiger partial charge in [-0.25, -0.2) is 9.78 Å². The van der Waals surface area contributed by atoms with E-state index in [1.807, 2.05) is 37.9 Å². The van der Waals surface area contributed by atoms with Crippen molar-refractivity contribution in [2.24, 2.45) is 5.92 Å². The molecule has 0 aliphatic carbocycles. The van der Waals surface area contributed by atoms with Gasteiger partial charge in [-0.15, -0.1) is 0 Å². The molecule has 5 nitrogen and oxygen atoms in total. The Morgan fingerprint density at radius 2 is 1.76 bits per heavy atom. The van der Waals surface area contributed by atoms with E-state index in [9.17, 15) is 4.79 Å². The average molecular weight is 486 g/mol. The molecule has 1 atom stereocenters. The Morgan fingerprint density at radius 3 is 2.21 bits per heavy atom. The van der Waals surface area contributed by atoms with Gasteiger partial charge in [0.25, 0.3) is 0 Å². The number of carbonyl (C=O) groups excluding carboxylic acids is 1. The first-order chi connectivity index (χ1) is 13.2. The lowest BCUT2D eigenvalue weighted by atomic mass is 9.88. The minimum atomic E-state index is -1.96. The molecule has 1 fully saturated rings. The van der Waals surface area contributed by atoms with Gasteiger partial charge in [-0.2, -0.15) is 0 Å². The molecule has 29 heavy (non-hydrogen) atoms. The number of hydrogen-bond donors (Lipinski definition) is 0. The molecule has 1 aromatic heterocycles. The van der Waals surface area contributed by atoms with Gasteiger partial charge < -0.3 is 14.1 Å². The van der Waals surface area contributed by atoms with Crippen molar-refractivity contribution in [2.45, 2.75) is 84.2 Å². The number of halogens is 1. The van der Waals surface area contributed by atoms with E-state index in [1.165, 1.54) is 0 Å². The molecule has 7 heteroatoms. The number of likely N-dealkylation sites (tertiary alicyclic amines) is 1. The quantitative estimate of drug-likeness (QED) is 0.358. The largest absolute Gasteiger partial charge is 0.444 e. The van der Waals surface area contributed by atoms with Crippen LogP contribution in [0, 0.1) is 5.92 Å². The first kappa shape index (κ1) is 24.3. The van der Waals surface area contributed by atoms with Gasteiger partial charge in [-0.3, -0.25) is 0 Å². The maximum atomic E-state index is 12.4. The molecule has 164 valence electrons. The van der Waals surface area contributed by atoms with Crippen molar-refractivity contribution >= 4 is 30.3 Å². The molecule has 1 unspecified atom stereocenters. The summed E-state index contributed by atoms with van der Waals surface area (Å²) in [5, 5.41) is 0.130. The number of aromatic nitrogens is 1. The Kier molecular flexibility index (Phi) is 7.61. The van der Waals surface area contributed by atoms with Crippen LogP contribution in [-0.2, 0) is 9.16 Å². The minimum absolute atomic E-state index is 0.00252. The lowest BCUT2D eigenvalue weighted by molar-refractivity contribution is 0.00918. The second-order valence-corrected chi connectivity index (χ2v) is 16.1. The Labute approximate surface area is 185 Å². The fourth-order valence-electron chi connectivity index (χ4n) is 3.20. The molecular weight excluding hydrogens is 448 g/mol. The van der Waals surface area contributed by atoms with Crippen molar-refractivity contribution in [3.05, 3.63) is 28.5 Å². The van der Waals surface area contributed by atoms with Crippen LogP contribution < -0.4 is 0 Å². The van der Waals surface area contributed by atoms with E-state index in [0.717, 1.165) is 23.0 Å². The van der Waals surface area contributed by atoms with Crippen LogP contribution in [0.3, 0.4) is 0 Å². The van der Waals surface area contributed by atoms with Gasteiger partial charge in [0.2, 0.25) is 0 Å². The standard InChI is InChI=1S/C22H37BrN2O3Si/c1-21(2,3)27-20(26)25-13-11-16(12-14-25)19(17-9-10-18(23)24-15-17)28-29(7,8)22(4,5)6/h9-10,15-16,19H,11-14H2,1-8H3. The van der Waals surface area contributed by atoms with E-state index in [4.69, 9.17) is 9.16 Å². The van der Waals surface area contributed by atoms with Crippen LogP contribution in [0.15, 0.2) is 22.9 Å². The molecule has 0 bridgehead atoms. The molecule has 0 aromatic carbocycles. The van der Waals surface area contributed by atoms with Crippen LogP contribution in [0.4, 0.5) is 4.79 Å². The SMILES string of the molecule is CC(C)(C)OC(=O)N1CCC(C(O[Si](C)(C)C(C)(C)C)c2ccc(Br)nc2)CC1. The van der Waals surface area contributed by atoms with Crippen molar-refractivity contribution in [2.75, 3.05) is 13.1 Å². The fourth-order valence-corrected chi connectivity index (χ4v) is 4.75. The van der Waals surface area contributed by atoms with Crippen molar-refractivity contribution < 1.29 is 14.0 Å². The molecule has 1 aliphatic rings. The number of pyridine rings is 1. The van der Waals surface area contributed by atoms with Crippen LogP contribution in [0.25, 0.3) is 0 Å². The number of ether oxygens (including phenoxy) is 1. The van der Waals surface area contributed by atoms with Crippen molar-refractivity contribution in [3.63, 3.8) is 0 Å². The normalized spacial score (nSPS) is 17.9. The Balaban J connectivity index is 2.16. The lowest BCUT2D eigenvalue weighted by Crippen LogP contribution is -2.46. The van der Waals surface area contributed by atoms with E-state index in [-0.39, 0.29) is 17.2 Å². The third-order valence-corrected chi connectivity index (χ3v) is 10.9.